The molecule has 0 aliphatic rings. The van der Waals surface area contributed by atoms with Crippen molar-refractivity contribution in [3.05, 3.63) is 69.9 Å². The number of esters is 1. The van der Waals surface area contributed by atoms with Crippen LogP contribution in [0.25, 0.3) is 32.7 Å². The molecule has 6 nitrogen and oxygen atoms in total. The van der Waals surface area contributed by atoms with Gasteiger partial charge in [-0.05, 0) is 58.7 Å². The van der Waals surface area contributed by atoms with Crippen LogP contribution >= 0.6 is 0 Å². The lowest BCUT2D eigenvalue weighted by atomic mass is 9.90. The number of hydrogen-bond acceptors (Lipinski definition) is 5. The summed E-state index contributed by atoms with van der Waals surface area (Å²) in [6, 6.07) is 12.5. The summed E-state index contributed by atoms with van der Waals surface area (Å²) in [5.41, 5.74) is 1.95. The van der Waals surface area contributed by atoms with Crippen LogP contribution in [0.2, 0.25) is 0 Å². The number of aryl methyl sites for hydroxylation is 3. The summed E-state index contributed by atoms with van der Waals surface area (Å²) in [6.45, 7) is 4.66. The molecule has 1 heterocycles. The summed E-state index contributed by atoms with van der Waals surface area (Å²) in [4.78, 5) is 24.6. The van der Waals surface area contributed by atoms with E-state index < -0.39 is 17.3 Å². The van der Waals surface area contributed by atoms with Gasteiger partial charge in [0.05, 0.1) is 5.56 Å². The number of hydrogen-bond donors (Lipinski definition) is 0. The molecular weight excluding hydrogens is 411 g/mol. The fourth-order valence-electron chi connectivity index (χ4n) is 3.94. The molecule has 0 aliphatic heterocycles. The average molecular weight is 434 g/mol. The van der Waals surface area contributed by atoms with E-state index in [1.165, 1.54) is 23.7 Å². The summed E-state index contributed by atoms with van der Waals surface area (Å²) in [5.74, 6) is -0.713. The number of halogens is 1. The van der Waals surface area contributed by atoms with Gasteiger partial charge in [0.2, 0.25) is 6.79 Å². The molecule has 0 aliphatic carbocycles. The van der Waals surface area contributed by atoms with Crippen molar-refractivity contribution in [3.63, 3.8) is 0 Å². The Balaban J connectivity index is 2.15. The molecule has 4 rings (SSSR count). The van der Waals surface area contributed by atoms with Crippen molar-refractivity contribution in [2.45, 2.75) is 27.2 Å². The largest absolute Gasteiger partial charge is 0.455 e. The van der Waals surface area contributed by atoms with Crippen LogP contribution in [0.15, 0.2) is 47.3 Å². The van der Waals surface area contributed by atoms with Gasteiger partial charge in [-0.15, -0.1) is 0 Å². The Bertz CT molecular complexity index is 1430. The third kappa shape index (κ3) is 3.82. The number of benzene rings is 3. The first kappa shape index (κ1) is 21.5. The van der Waals surface area contributed by atoms with Gasteiger partial charge >= 0.3 is 5.97 Å². The van der Waals surface area contributed by atoms with Crippen LogP contribution in [0.4, 0.5) is 4.39 Å². The van der Waals surface area contributed by atoms with E-state index >= 15 is 0 Å². The molecule has 0 radical (unpaired) electrons. The van der Waals surface area contributed by atoms with Crippen molar-refractivity contribution in [1.29, 1.82) is 0 Å². The Morgan fingerprint density at radius 3 is 2.44 bits per heavy atom. The number of carbonyl (C=O) groups is 1. The maximum atomic E-state index is 14.3. The second-order valence-corrected chi connectivity index (χ2v) is 7.64. The predicted octanol–water partition coefficient (Wildman–Crippen LogP) is 4.66. The van der Waals surface area contributed by atoms with Gasteiger partial charge in [0, 0.05) is 19.5 Å². The maximum absolute atomic E-state index is 14.3. The van der Waals surface area contributed by atoms with E-state index in [1.807, 2.05) is 31.2 Å². The number of carbonyl (C=O) groups excluding carboxylic acids is 1. The van der Waals surface area contributed by atoms with Crippen LogP contribution in [0.5, 0.6) is 5.75 Å². The Labute approximate surface area is 184 Å². The summed E-state index contributed by atoms with van der Waals surface area (Å²) in [5, 5.41) is 7.34. The van der Waals surface area contributed by atoms with Gasteiger partial charge in [-0.2, -0.15) is 5.10 Å². The lowest BCUT2D eigenvalue weighted by Crippen LogP contribution is -2.24. The van der Waals surface area contributed by atoms with Crippen molar-refractivity contribution in [3.8, 4) is 16.9 Å². The highest BCUT2D eigenvalue weighted by Gasteiger charge is 2.22. The molecule has 4 aromatic rings. The molecule has 0 saturated carbocycles. The lowest BCUT2D eigenvalue weighted by molar-refractivity contribution is -0.147. The average Bonchev–Trinajstić information content (AvgIpc) is 2.76. The molecule has 0 bridgehead atoms. The van der Waals surface area contributed by atoms with Crippen LogP contribution < -0.4 is 10.3 Å². The molecule has 0 amide bonds. The molecule has 0 saturated heterocycles. The van der Waals surface area contributed by atoms with Crippen molar-refractivity contribution in [2.24, 2.45) is 7.05 Å². The molecule has 32 heavy (non-hydrogen) atoms. The number of fused-ring (bicyclic) bond motifs is 2. The normalized spacial score (nSPS) is 11.2. The molecular formula is C25H23FN2O4. The second-order valence-electron chi connectivity index (χ2n) is 7.64. The zero-order valence-corrected chi connectivity index (χ0v) is 18.4. The molecule has 3 aromatic carbocycles. The van der Waals surface area contributed by atoms with E-state index in [1.54, 1.807) is 20.0 Å². The minimum atomic E-state index is -0.508. The van der Waals surface area contributed by atoms with Gasteiger partial charge in [0.1, 0.15) is 11.5 Å². The molecule has 164 valence electrons. The van der Waals surface area contributed by atoms with Crippen LogP contribution in [0.1, 0.15) is 25.1 Å². The molecule has 0 N–H and O–H groups in total. The first-order valence-electron chi connectivity index (χ1n) is 10.3. The first-order valence-corrected chi connectivity index (χ1v) is 10.3. The van der Waals surface area contributed by atoms with Crippen LogP contribution in [0, 0.1) is 12.7 Å². The molecule has 0 fully saturated rings. The predicted molar refractivity (Wildman–Crippen MR) is 121 cm³/mol. The molecule has 0 spiro atoms. The summed E-state index contributed by atoms with van der Waals surface area (Å²) < 4.78 is 26.3. The third-order valence-electron chi connectivity index (χ3n) is 5.47. The van der Waals surface area contributed by atoms with E-state index in [9.17, 15) is 14.0 Å². The van der Waals surface area contributed by atoms with Gasteiger partial charge in [-0.3, -0.25) is 9.59 Å². The highest BCUT2D eigenvalue weighted by molar-refractivity contribution is 6.13. The number of rotatable bonds is 5. The highest BCUT2D eigenvalue weighted by Crippen LogP contribution is 2.40. The smallest absolute Gasteiger partial charge is 0.305 e. The standard InChI is InChI=1S/C25H23FN2O4/c1-5-16-6-7-17-11-18-8-9-19(26)12-21(18)22(20(17)10-16)23-24(32-13-31-15(3)29)14(2)27-28(4)25(23)30/h6-12H,5,13H2,1-4H3. The third-order valence-corrected chi connectivity index (χ3v) is 5.47. The second kappa shape index (κ2) is 8.42. The van der Waals surface area contributed by atoms with Crippen LogP contribution in [-0.2, 0) is 23.0 Å². The number of ether oxygens (including phenoxy) is 2. The zero-order valence-electron chi connectivity index (χ0n) is 18.4. The number of nitrogens with zero attached hydrogens (tertiary/aromatic N) is 2. The van der Waals surface area contributed by atoms with Gasteiger partial charge in [-0.25, -0.2) is 9.07 Å². The lowest BCUT2D eigenvalue weighted by Gasteiger charge is -2.18. The summed E-state index contributed by atoms with van der Waals surface area (Å²) in [6.07, 6.45) is 0.805. The topological polar surface area (TPSA) is 70.4 Å². The van der Waals surface area contributed by atoms with Crippen molar-refractivity contribution < 1.29 is 18.7 Å². The minimum absolute atomic E-state index is 0.203. The molecule has 7 heteroatoms. The quantitative estimate of drug-likeness (QED) is 0.260. The maximum Gasteiger partial charge on any atom is 0.305 e. The van der Waals surface area contributed by atoms with Gasteiger partial charge in [-0.1, -0.05) is 31.2 Å². The monoisotopic (exact) mass is 434 g/mol. The molecule has 1 aromatic heterocycles. The Kier molecular flexibility index (Phi) is 5.65. The van der Waals surface area contributed by atoms with E-state index in [2.05, 4.69) is 5.10 Å². The Morgan fingerprint density at radius 1 is 1.06 bits per heavy atom. The zero-order chi connectivity index (χ0) is 23.0. The van der Waals surface area contributed by atoms with E-state index in [-0.39, 0.29) is 18.1 Å². The fraction of sp³-hybridized carbons (Fsp3) is 0.240. The van der Waals surface area contributed by atoms with E-state index in [4.69, 9.17) is 9.47 Å². The molecule has 0 atom stereocenters. The SMILES string of the molecule is CCc1ccc2cc3ccc(F)cc3c(-c3c(OCOC(C)=O)c(C)nn(C)c3=O)c2c1. The van der Waals surface area contributed by atoms with E-state index in [0.717, 1.165) is 28.1 Å². The van der Waals surface area contributed by atoms with Crippen molar-refractivity contribution in [2.75, 3.05) is 6.79 Å². The van der Waals surface area contributed by atoms with Crippen LogP contribution in [-0.4, -0.2) is 22.5 Å². The van der Waals surface area contributed by atoms with E-state index in [0.29, 0.717) is 16.6 Å². The summed E-state index contributed by atoms with van der Waals surface area (Å²) in [7, 11) is 1.56. The molecule has 0 unspecified atom stereocenters. The first-order chi connectivity index (χ1) is 15.3. The van der Waals surface area contributed by atoms with Gasteiger partial charge < -0.3 is 9.47 Å². The Hall–Kier alpha value is -3.74. The fourth-order valence-corrected chi connectivity index (χ4v) is 3.94. The Morgan fingerprint density at radius 2 is 1.75 bits per heavy atom. The van der Waals surface area contributed by atoms with Gasteiger partial charge in [0.15, 0.2) is 5.75 Å². The van der Waals surface area contributed by atoms with Crippen molar-refractivity contribution in [1.82, 2.24) is 9.78 Å². The number of aromatic nitrogens is 2. The van der Waals surface area contributed by atoms with Crippen LogP contribution in [0.3, 0.4) is 0 Å². The highest BCUT2D eigenvalue weighted by atomic mass is 19.1. The summed E-state index contributed by atoms with van der Waals surface area (Å²) >= 11 is 0. The van der Waals surface area contributed by atoms with Crippen molar-refractivity contribution >= 4 is 27.5 Å². The van der Waals surface area contributed by atoms with Gasteiger partial charge in [0.25, 0.3) is 5.56 Å². The minimum Gasteiger partial charge on any atom is -0.455 e.